The predicted molar refractivity (Wildman–Crippen MR) is 60.1 cm³/mol. The van der Waals surface area contributed by atoms with Crippen molar-refractivity contribution >= 4 is 0 Å². The number of hydrogen-bond donors (Lipinski definition) is 1. The number of aryl methyl sites for hydroxylation is 2. The van der Waals surface area contributed by atoms with Crippen LogP contribution in [0.4, 0.5) is 0 Å². The van der Waals surface area contributed by atoms with Gasteiger partial charge >= 0.3 is 0 Å². The average molecular weight is 209 g/mol. The maximum absolute atomic E-state index is 5.51. The standard InChI is InChI=1S/C11H19N3O/c1-4-10-9(6-5-7-12)11(15-3)14-8(2)13-10/h4-7,12H2,1-3H3. The van der Waals surface area contributed by atoms with Crippen LogP contribution in [0.2, 0.25) is 0 Å². The van der Waals surface area contributed by atoms with Gasteiger partial charge in [-0.05, 0) is 32.7 Å². The average Bonchev–Trinajstić information content (AvgIpc) is 2.26. The summed E-state index contributed by atoms with van der Waals surface area (Å²) in [7, 11) is 1.65. The molecule has 0 fully saturated rings. The van der Waals surface area contributed by atoms with Crippen molar-refractivity contribution in [3.63, 3.8) is 0 Å². The van der Waals surface area contributed by atoms with Crippen LogP contribution in [-0.4, -0.2) is 23.6 Å². The number of nitrogens with two attached hydrogens (primary N) is 1. The Morgan fingerprint density at radius 2 is 2.07 bits per heavy atom. The Morgan fingerprint density at radius 3 is 2.60 bits per heavy atom. The molecule has 15 heavy (non-hydrogen) atoms. The number of ether oxygens (including phenoxy) is 1. The van der Waals surface area contributed by atoms with Crippen LogP contribution in [0.1, 0.15) is 30.4 Å². The molecule has 0 aliphatic carbocycles. The van der Waals surface area contributed by atoms with Gasteiger partial charge in [-0.3, -0.25) is 0 Å². The molecule has 0 bridgehead atoms. The maximum atomic E-state index is 5.51. The first-order chi connectivity index (χ1) is 7.22. The summed E-state index contributed by atoms with van der Waals surface area (Å²) in [5.74, 6) is 1.47. The zero-order valence-electron chi connectivity index (χ0n) is 9.71. The fourth-order valence-electron chi connectivity index (χ4n) is 1.62. The summed E-state index contributed by atoms with van der Waals surface area (Å²) in [4.78, 5) is 8.70. The third kappa shape index (κ3) is 2.89. The summed E-state index contributed by atoms with van der Waals surface area (Å²) in [6.07, 6.45) is 2.73. The summed E-state index contributed by atoms with van der Waals surface area (Å²) in [5.41, 5.74) is 7.69. The van der Waals surface area contributed by atoms with Gasteiger partial charge in [0.2, 0.25) is 5.88 Å². The summed E-state index contributed by atoms with van der Waals surface area (Å²) in [5, 5.41) is 0. The quantitative estimate of drug-likeness (QED) is 0.792. The molecule has 84 valence electrons. The third-order valence-corrected chi connectivity index (χ3v) is 2.33. The van der Waals surface area contributed by atoms with Crippen molar-refractivity contribution in [1.82, 2.24) is 9.97 Å². The highest BCUT2D eigenvalue weighted by atomic mass is 16.5. The first-order valence-corrected chi connectivity index (χ1v) is 5.33. The Bertz CT molecular complexity index is 301. The second-order valence-electron chi connectivity index (χ2n) is 3.45. The Balaban J connectivity index is 3.06. The highest BCUT2D eigenvalue weighted by Crippen LogP contribution is 2.20. The molecule has 1 aromatic rings. The molecule has 0 aliphatic heterocycles. The number of rotatable bonds is 5. The maximum Gasteiger partial charge on any atom is 0.219 e. The van der Waals surface area contributed by atoms with Crippen LogP contribution < -0.4 is 10.5 Å². The second kappa shape index (κ2) is 5.66. The van der Waals surface area contributed by atoms with Crippen LogP contribution in [0.5, 0.6) is 5.88 Å². The topological polar surface area (TPSA) is 61.0 Å². The minimum atomic E-state index is 0.681. The molecule has 0 aromatic carbocycles. The Labute approximate surface area is 90.9 Å². The lowest BCUT2D eigenvalue weighted by molar-refractivity contribution is 0.388. The molecule has 0 atom stereocenters. The van der Waals surface area contributed by atoms with Crippen LogP contribution >= 0.6 is 0 Å². The molecule has 0 spiro atoms. The van der Waals surface area contributed by atoms with Gasteiger partial charge in [-0.1, -0.05) is 6.92 Å². The minimum Gasteiger partial charge on any atom is -0.481 e. The van der Waals surface area contributed by atoms with E-state index < -0.39 is 0 Å². The number of hydrogen-bond acceptors (Lipinski definition) is 4. The van der Waals surface area contributed by atoms with Crippen LogP contribution in [0.25, 0.3) is 0 Å². The molecule has 1 heterocycles. The Hall–Kier alpha value is -1.16. The van der Waals surface area contributed by atoms with Crippen molar-refractivity contribution in [3.8, 4) is 5.88 Å². The Kier molecular flexibility index (Phi) is 4.49. The lowest BCUT2D eigenvalue weighted by atomic mass is 10.1. The number of methoxy groups -OCH3 is 1. The normalized spacial score (nSPS) is 10.4. The molecule has 0 amide bonds. The van der Waals surface area contributed by atoms with Gasteiger partial charge in [-0.25, -0.2) is 4.98 Å². The lowest BCUT2D eigenvalue weighted by Crippen LogP contribution is -2.08. The van der Waals surface area contributed by atoms with E-state index in [0.717, 1.165) is 36.3 Å². The van der Waals surface area contributed by atoms with E-state index in [2.05, 4.69) is 16.9 Å². The monoisotopic (exact) mass is 209 g/mol. The van der Waals surface area contributed by atoms with E-state index in [4.69, 9.17) is 10.5 Å². The van der Waals surface area contributed by atoms with Crippen LogP contribution in [0.15, 0.2) is 0 Å². The summed E-state index contributed by atoms with van der Waals surface area (Å²) in [6.45, 7) is 4.65. The largest absolute Gasteiger partial charge is 0.481 e. The molecule has 1 aromatic heterocycles. The number of aromatic nitrogens is 2. The molecule has 2 N–H and O–H groups in total. The molecule has 4 heteroatoms. The second-order valence-corrected chi connectivity index (χ2v) is 3.45. The van der Waals surface area contributed by atoms with Gasteiger partial charge in [0.15, 0.2) is 0 Å². The van der Waals surface area contributed by atoms with E-state index in [1.54, 1.807) is 7.11 Å². The summed E-state index contributed by atoms with van der Waals surface area (Å²) in [6, 6.07) is 0. The molecule has 0 aliphatic rings. The van der Waals surface area contributed by atoms with Gasteiger partial charge in [-0.15, -0.1) is 0 Å². The molecular weight excluding hydrogens is 190 g/mol. The van der Waals surface area contributed by atoms with E-state index in [-0.39, 0.29) is 0 Å². The molecule has 1 rings (SSSR count). The molecule has 0 saturated carbocycles. The van der Waals surface area contributed by atoms with Crippen molar-refractivity contribution in [1.29, 1.82) is 0 Å². The zero-order chi connectivity index (χ0) is 11.3. The van der Waals surface area contributed by atoms with Crippen molar-refractivity contribution in [2.75, 3.05) is 13.7 Å². The fraction of sp³-hybridized carbons (Fsp3) is 0.636. The van der Waals surface area contributed by atoms with Crippen molar-refractivity contribution in [2.24, 2.45) is 5.73 Å². The van der Waals surface area contributed by atoms with Gasteiger partial charge in [0.05, 0.1) is 12.8 Å². The van der Waals surface area contributed by atoms with E-state index in [1.165, 1.54) is 0 Å². The first-order valence-electron chi connectivity index (χ1n) is 5.33. The summed E-state index contributed by atoms with van der Waals surface area (Å²) < 4.78 is 5.27. The molecule has 0 unspecified atom stereocenters. The van der Waals surface area contributed by atoms with Gasteiger partial charge in [0.1, 0.15) is 5.82 Å². The molecule has 0 saturated heterocycles. The van der Waals surface area contributed by atoms with E-state index in [9.17, 15) is 0 Å². The van der Waals surface area contributed by atoms with E-state index >= 15 is 0 Å². The first kappa shape index (κ1) is 11.9. The third-order valence-electron chi connectivity index (χ3n) is 2.33. The van der Waals surface area contributed by atoms with Gasteiger partial charge in [0, 0.05) is 5.56 Å². The highest BCUT2D eigenvalue weighted by Gasteiger charge is 2.11. The van der Waals surface area contributed by atoms with Crippen molar-refractivity contribution < 1.29 is 4.74 Å². The van der Waals surface area contributed by atoms with Crippen LogP contribution in [-0.2, 0) is 12.8 Å². The number of nitrogens with zero attached hydrogens (tertiary/aromatic N) is 2. The summed E-state index contributed by atoms with van der Waals surface area (Å²) >= 11 is 0. The smallest absolute Gasteiger partial charge is 0.219 e. The highest BCUT2D eigenvalue weighted by molar-refractivity contribution is 5.31. The predicted octanol–water partition coefficient (Wildman–Crippen LogP) is 1.25. The molecule has 0 radical (unpaired) electrons. The SMILES string of the molecule is CCc1nc(C)nc(OC)c1CCCN. The van der Waals surface area contributed by atoms with Crippen LogP contribution in [0.3, 0.4) is 0 Å². The van der Waals surface area contributed by atoms with Crippen molar-refractivity contribution in [2.45, 2.75) is 33.1 Å². The van der Waals surface area contributed by atoms with Crippen LogP contribution in [0, 0.1) is 6.92 Å². The minimum absolute atomic E-state index is 0.681. The van der Waals surface area contributed by atoms with Crippen molar-refractivity contribution in [3.05, 3.63) is 17.1 Å². The van der Waals surface area contributed by atoms with E-state index in [0.29, 0.717) is 12.4 Å². The van der Waals surface area contributed by atoms with Gasteiger partial charge < -0.3 is 10.5 Å². The zero-order valence-corrected chi connectivity index (χ0v) is 9.71. The van der Waals surface area contributed by atoms with Gasteiger partial charge in [-0.2, -0.15) is 4.98 Å². The van der Waals surface area contributed by atoms with E-state index in [1.807, 2.05) is 6.92 Å². The Morgan fingerprint density at radius 1 is 1.33 bits per heavy atom. The fourth-order valence-corrected chi connectivity index (χ4v) is 1.62. The lowest BCUT2D eigenvalue weighted by Gasteiger charge is -2.11. The molecular formula is C11H19N3O. The van der Waals surface area contributed by atoms with Gasteiger partial charge in [0.25, 0.3) is 0 Å². The molecule has 4 nitrogen and oxygen atoms in total.